The van der Waals surface area contributed by atoms with Crippen LogP contribution in [0.25, 0.3) is 16.7 Å². The molecule has 0 radical (unpaired) electrons. The molecule has 3 heterocycles. The Morgan fingerprint density at radius 1 is 1.45 bits per heavy atom. The molecule has 2 N–H and O–H groups in total. The first-order chi connectivity index (χ1) is 10.5. The molecule has 3 aromatic heterocycles. The van der Waals surface area contributed by atoms with Crippen molar-refractivity contribution in [1.29, 1.82) is 5.26 Å². The first kappa shape index (κ1) is 14.0. The molecule has 0 aliphatic rings. The van der Waals surface area contributed by atoms with Crippen LogP contribution in [-0.2, 0) is 6.54 Å². The monoisotopic (exact) mass is 294 g/mol. The number of nitriles is 1. The zero-order valence-electron chi connectivity index (χ0n) is 12.4. The van der Waals surface area contributed by atoms with E-state index in [1.165, 1.54) is 10.5 Å². The van der Waals surface area contributed by atoms with E-state index in [1.54, 1.807) is 22.9 Å². The highest BCUT2D eigenvalue weighted by molar-refractivity contribution is 5.76. The maximum absolute atomic E-state index is 12.7. The van der Waals surface area contributed by atoms with Gasteiger partial charge in [0.1, 0.15) is 17.0 Å². The van der Waals surface area contributed by atoms with Crippen LogP contribution in [0.4, 0.5) is 5.82 Å². The summed E-state index contributed by atoms with van der Waals surface area (Å²) >= 11 is 0. The van der Waals surface area contributed by atoms with Crippen molar-refractivity contribution >= 4 is 22.5 Å². The van der Waals surface area contributed by atoms with Gasteiger partial charge in [-0.3, -0.25) is 9.20 Å². The number of hydrogen-bond acceptors (Lipinski definition) is 4. The zero-order valence-corrected chi connectivity index (χ0v) is 12.4. The summed E-state index contributed by atoms with van der Waals surface area (Å²) < 4.78 is 3.23. The highest BCUT2D eigenvalue weighted by Gasteiger charge is 2.21. The molecule has 0 saturated carbocycles. The van der Waals surface area contributed by atoms with Gasteiger partial charge in [-0.2, -0.15) is 5.26 Å². The standard InChI is InChI=1S/C16H15N5O/c1-10(2)9-21-14(18)11(8-17)7-12-15(21)19-13-5-3-4-6-20(13)16(12)22/h3-7,10,18H,9H2,1-2H3/p+1. The molecule has 0 spiro atoms. The minimum absolute atomic E-state index is 0.199. The highest BCUT2D eigenvalue weighted by atomic mass is 16.1. The molecule has 0 aliphatic heterocycles. The van der Waals surface area contributed by atoms with Gasteiger partial charge in [0.05, 0.1) is 6.54 Å². The lowest BCUT2D eigenvalue weighted by Gasteiger charge is -2.11. The topological polar surface area (TPSA) is 88.1 Å². The number of nitrogen functional groups attached to an aromatic ring is 1. The van der Waals surface area contributed by atoms with Gasteiger partial charge in [-0.05, 0) is 24.1 Å². The normalized spacial score (nSPS) is 11.2. The van der Waals surface area contributed by atoms with Crippen molar-refractivity contribution in [3.8, 4) is 6.07 Å². The molecule has 3 aromatic rings. The first-order valence-corrected chi connectivity index (χ1v) is 7.06. The summed E-state index contributed by atoms with van der Waals surface area (Å²) in [5, 5.41) is 9.67. The number of fused-ring (bicyclic) bond motifs is 2. The Morgan fingerprint density at radius 2 is 2.23 bits per heavy atom. The van der Waals surface area contributed by atoms with Crippen LogP contribution in [0.1, 0.15) is 19.4 Å². The Hall–Kier alpha value is -2.94. The van der Waals surface area contributed by atoms with Gasteiger partial charge in [-0.1, -0.05) is 24.9 Å². The van der Waals surface area contributed by atoms with E-state index in [-0.39, 0.29) is 5.56 Å². The van der Waals surface area contributed by atoms with Crippen molar-refractivity contribution in [2.45, 2.75) is 20.4 Å². The molecule has 0 aliphatic carbocycles. The fourth-order valence-electron chi connectivity index (χ4n) is 2.54. The van der Waals surface area contributed by atoms with Gasteiger partial charge in [0.25, 0.3) is 11.2 Å². The van der Waals surface area contributed by atoms with Crippen molar-refractivity contribution in [2.24, 2.45) is 5.92 Å². The van der Waals surface area contributed by atoms with Crippen LogP contribution in [0.3, 0.4) is 0 Å². The molecule has 0 saturated heterocycles. The predicted molar refractivity (Wildman–Crippen MR) is 83.1 cm³/mol. The van der Waals surface area contributed by atoms with E-state index in [4.69, 9.17) is 5.73 Å². The summed E-state index contributed by atoms with van der Waals surface area (Å²) in [5.74, 6) is 0.649. The zero-order chi connectivity index (χ0) is 15.9. The van der Waals surface area contributed by atoms with Crippen molar-refractivity contribution in [3.63, 3.8) is 0 Å². The third kappa shape index (κ3) is 2.07. The smallest absolute Gasteiger partial charge is 0.278 e. The molecule has 22 heavy (non-hydrogen) atoms. The van der Waals surface area contributed by atoms with E-state index < -0.39 is 0 Å². The van der Waals surface area contributed by atoms with E-state index in [0.717, 1.165) is 0 Å². The van der Waals surface area contributed by atoms with Crippen LogP contribution in [0, 0.1) is 17.2 Å². The number of nitrogens with zero attached hydrogens (tertiary/aromatic N) is 4. The molecule has 0 unspecified atom stereocenters. The van der Waals surface area contributed by atoms with E-state index in [1.807, 2.05) is 19.9 Å². The Labute approximate surface area is 127 Å². The van der Waals surface area contributed by atoms with Gasteiger partial charge in [-0.15, -0.1) is 0 Å². The Kier molecular flexibility index (Phi) is 3.26. The van der Waals surface area contributed by atoms with Gasteiger partial charge >= 0.3 is 0 Å². The van der Waals surface area contributed by atoms with Crippen molar-refractivity contribution in [1.82, 2.24) is 9.38 Å². The summed E-state index contributed by atoms with van der Waals surface area (Å²) in [6, 6.07) is 8.95. The highest BCUT2D eigenvalue weighted by Crippen LogP contribution is 2.14. The Balaban J connectivity index is 2.52. The maximum atomic E-state index is 12.7. The number of rotatable bonds is 2. The van der Waals surface area contributed by atoms with Crippen LogP contribution >= 0.6 is 0 Å². The molecule has 6 heteroatoms. The van der Waals surface area contributed by atoms with Crippen molar-refractivity contribution < 1.29 is 4.57 Å². The van der Waals surface area contributed by atoms with E-state index in [9.17, 15) is 10.1 Å². The Bertz CT molecular complexity index is 982. The predicted octanol–water partition coefficient (Wildman–Crippen LogP) is 1.25. The number of aromatic nitrogens is 3. The maximum Gasteiger partial charge on any atom is 0.278 e. The molecule has 0 bridgehead atoms. The second-order valence-electron chi connectivity index (χ2n) is 5.64. The molecule has 110 valence electrons. The van der Waals surface area contributed by atoms with Crippen LogP contribution in [0.5, 0.6) is 0 Å². The molecular weight excluding hydrogens is 278 g/mol. The van der Waals surface area contributed by atoms with E-state index in [0.29, 0.717) is 40.5 Å². The number of anilines is 1. The molecule has 0 atom stereocenters. The lowest BCUT2D eigenvalue weighted by Crippen LogP contribution is -2.42. The minimum atomic E-state index is -0.199. The van der Waals surface area contributed by atoms with Gasteiger partial charge < -0.3 is 5.73 Å². The second kappa shape index (κ2) is 5.11. The SMILES string of the molecule is CC(C)C[n+]1c(N)c(C#N)cc2c(=O)n3ccccc3nc21. The average Bonchev–Trinajstić information content (AvgIpc) is 2.50. The van der Waals surface area contributed by atoms with Crippen LogP contribution in [-0.4, -0.2) is 9.38 Å². The number of pyridine rings is 2. The van der Waals surface area contributed by atoms with Crippen molar-refractivity contribution in [3.05, 3.63) is 46.4 Å². The third-order valence-electron chi connectivity index (χ3n) is 3.53. The van der Waals surface area contributed by atoms with E-state index in [2.05, 4.69) is 11.1 Å². The Morgan fingerprint density at radius 3 is 2.91 bits per heavy atom. The number of hydrogen-bond donors (Lipinski definition) is 1. The summed E-state index contributed by atoms with van der Waals surface area (Å²) in [4.78, 5) is 17.2. The fraction of sp³-hybridized carbons (Fsp3) is 0.250. The largest absolute Gasteiger partial charge is 0.317 e. The summed E-state index contributed by atoms with van der Waals surface area (Å²) in [6.45, 7) is 4.68. The summed E-state index contributed by atoms with van der Waals surface area (Å²) in [6.07, 6.45) is 1.67. The lowest BCUT2D eigenvalue weighted by molar-refractivity contribution is -0.664. The quantitative estimate of drug-likeness (QED) is 0.569. The van der Waals surface area contributed by atoms with Gasteiger partial charge in [-0.25, -0.2) is 4.57 Å². The molecule has 0 fully saturated rings. The van der Waals surface area contributed by atoms with Gasteiger partial charge in [0, 0.05) is 6.20 Å². The fourth-order valence-corrected chi connectivity index (χ4v) is 2.54. The second-order valence-corrected chi connectivity index (χ2v) is 5.64. The van der Waals surface area contributed by atoms with Gasteiger partial charge in [0.2, 0.25) is 11.5 Å². The molecule has 3 rings (SSSR count). The van der Waals surface area contributed by atoms with Gasteiger partial charge in [0.15, 0.2) is 0 Å². The lowest BCUT2D eigenvalue weighted by atomic mass is 10.1. The average molecular weight is 294 g/mol. The molecule has 0 aromatic carbocycles. The third-order valence-corrected chi connectivity index (χ3v) is 3.53. The van der Waals surface area contributed by atoms with Crippen LogP contribution < -0.4 is 15.9 Å². The van der Waals surface area contributed by atoms with Crippen LogP contribution in [0.2, 0.25) is 0 Å². The summed E-state index contributed by atoms with van der Waals surface area (Å²) in [5.41, 5.74) is 7.26. The molecule has 6 nitrogen and oxygen atoms in total. The van der Waals surface area contributed by atoms with Crippen molar-refractivity contribution in [2.75, 3.05) is 5.73 Å². The summed E-state index contributed by atoms with van der Waals surface area (Å²) in [7, 11) is 0. The first-order valence-electron chi connectivity index (χ1n) is 7.06. The minimum Gasteiger partial charge on any atom is -0.317 e. The number of nitrogens with two attached hydrogens (primary N) is 1. The molecule has 0 amide bonds. The van der Waals surface area contributed by atoms with E-state index >= 15 is 0 Å². The van der Waals surface area contributed by atoms with Crippen LogP contribution in [0.15, 0.2) is 35.3 Å². The molecular formula is C16H16N5O+.